The number of rotatable bonds is 3. The van der Waals surface area contributed by atoms with Crippen molar-refractivity contribution in [2.45, 2.75) is 40.0 Å². The third-order valence-corrected chi connectivity index (χ3v) is 7.30. The largest absolute Gasteiger partial charge is 0.0683 e. The molecule has 0 saturated heterocycles. The highest BCUT2D eigenvalue weighted by molar-refractivity contribution is 6.23. The number of fused-ring (bicyclic) bond motifs is 1. The molecule has 0 N–H and O–H groups in total. The maximum atomic E-state index is 2.29. The van der Waals surface area contributed by atoms with Crippen LogP contribution in [-0.4, -0.2) is 0 Å². The van der Waals surface area contributed by atoms with E-state index in [4.69, 9.17) is 0 Å². The van der Waals surface area contributed by atoms with Crippen LogP contribution in [0.5, 0.6) is 0 Å². The first-order chi connectivity index (χ1) is 18.7. The fourth-order valence-electron chi connectivity index (χ4n) is 5.52. The molecule has 0 spiro atoms. The summed E-state index contributed by atoms with van der Waals surface area (Å²) in [5.41, 5.74) is 4.21. The van der Waals surface area contributed by atoms with Crippen LogP contribution >= 0.6 is 0 Å². The van der Waals surface area contributed by atoms with Crippen LogP contribution in [0.1, 0.15) is 50.3 Å². The maximum absolute atomic E-state index is 2.29. The van der Waals surface area contributed by atoms with Crippen LogP contribution < -0.4 is 0 Å². The molecule has 7 rings (SSSR count). The van der Waals surface area contributed by atoms with Crippen LogP contribution in [0.2, 0.25) is 0 Å². The van der Waals surface area contributed by atoms with E-state index in [1.165, 1.54) is 59.8 Å². The predicted molar refractivity (Wildman–Crippen MR) is 169 cm³/mol. The molecule has 7 aromatic carbocycles. The van der Waals surface area contributed by atoms with Crippen LogP contribution in [0, 0.1) is 0 Å². The van der Waals surface area contributed by atoms with E-state index < -0.39 is 0 Å². The van der Waals surface area contributed by atoms with Crippen molar-refractivity contribution >= 4 is 43.1 Å². The average Bonchev–Trinajstić information content (AvgIpc) is 2.98. The van der Waals surface area contributed by atoms with Gasteiger partial charge >= 0.3 is 0 Å². The fraction of sp³-hybridized carbons (Fsp3) is 0.158. The molecule has 7 aromatic rings. The van der Waals surface area contributed by atoms with Gasteiger partial charge in [-0.05, 0) is 72.1 Å². The zero-order valence-electron chi connectivity index (χ0n) is 22.9. The van der Waals surface area contributed by atoms with Gasteiger partial charge in [-0.25, -0.2) is 0 Å². The summed E-state index contributed by atoms with van der Waals surface area (Å²) in [5.74, 6) is 0.560. The third-order valence-electron chi connectivity index (χ3n) is 7.30. The van der Waals surface area contributed by atoms with Gasteiger partial charge in [0, 0.05) is 0 Å². The molecule has 0 unspecified atom stereocenters. The second kappa shape index (κ2) is 11.5. The lowest BCUT2D eigenvalue weighted by molar-refractivity contribution is 0.877. The van der Waals surface area contributed by atoms with Crippen molar-refractivity contribution in [3.05, 3.63) is 144 Å². The Balaban J connectivity index is 0.000000146. The Kier molecular flexibility index (Phi) is 7.70. The van der Waals surface area contributed by atoms with E-state index in [-0.39, 0.29) is 0 Å². The minimum Gasteiger partial charge on any atom is -0.0683 e. The van der Waals surface area contributed by atoms with E-state index in [0.29, 0.717) is 5.92 Å². The molecule has 0 nitrogen and oxygen atoms in total. The smallest absolute Gasteiger partial charge is 0.00196 e. The topological polar surface area (TPSA) is 0 Å². The van der Waals surface area contributed by atoms with Gasteiger partial charge in [0.15, 0.2) is 0 Å². The van der Waals surface area contributed by atoms with Crippen LogP contribution in [0.15, 0.2) is 127 Å². The Bertz CT molecular complexity index is 1750. The zero-order chi connectivity index (χ0) is 26.5. The van der Waals surface area contributed by atoms with Crippen molar-refractivity contribution in [3.63, 3.8) is 0 Å². The second-order valence-corrected chi connectivity index (χ2v) is 9.97. The van der Waals surface area contributed by atoms with Gasteiger partial charge in [-0.15, -0.1) is 0 Å². The maximum Gasteiger partial charge on any atom is -0.00196 e. The van der Waals surface area contributed by atoms with E-state index in [0.717, 1.165) is 6.42 Å². The summed E-state index contributed by atoms with van der Waals surface area (Å²) in [5, 5.41) is 11.0. The minimum atomic E-state index is 0.560. The molecule has 0 aromatic heterocycles. The van der Waals surface area contributed by atoms with Gasteiger partial charge in [-0.1, -0.05) is 155 Å². The van der Waals surface area contributed by atoms with Gasteiger partial charge in [0.25, 0.3) is 0 Å². The monoisotopic (exact) mass is 492 g/mol. The molecule has 0 saturated carbocycles. The van der Waals surface area contributed by atoms with E-state index in [1.54, 1.807) is 0 Å². The first-order valence-electron chi connectivity index (χ1n) is 13.9. The molecule has 188 valence electrons. The first-order valence-corrected chi connectivity index (χ1v) is 13.9. The average molecular weight is 493 g/mol. The van der Waals surface area contributed by atoms with Crippen molar-refractivity contribution in [2.24, 2.45) is 0 Å². The highest BCUT2D eigenvalue weighted by atomic mass is 14.2. The summed E-state index contributed by atoms with van der Waals surface area (Å²) in [7, 11) is 0. The van der Waals surface area contributed by atoms with Gasteiger partial charge in [-0.3, -0.25) is 0 Å². The summed E-state index contributed by atoms with van der Waals surface area (Å²) in [6, 6.07) is 45.9. The lowest BCUT2D eigenvalue weighted by Gasteiger charge is -2.15. The van der Waals surface area contributed by atoms with Gasteiger partial charge < -0.3 is 0 Å². The Hall–Kier alpha value is -4.16. The summed E-state index contributed by atoms with van der Waals surface area (Å²) in [6.07, 6.45) is 1.00. The molecule has 0 radical (unpaired) electrons. The standard InChI is InChI=1S/C19H16.C17H14.C2H6/c1-12(2)16-10-8-15-7-6-13-4-3-5-14-9-11-17(16)19(15)18(13)14;1-2-7-14(8-3-1)13-16-11-6-10-15-9-4-5-12-17(15)16;1-2/h3-12H,1-2H3;1-12H,13H2;1-2H3. The zero-order valence-corrected chi connectivity index (χ0v) is 22.9. The van der Waals surface area contributed by atoms with Crippen molar-refractivity contribution in [2.75, 3.05) is 0 Å². The molecular formula is C38H36. The molecular weight excluding hydrogens is 456 g/mol. The number of benzene rings is 7. The summed E-state index contributed by atoms with van der Waals surface area (Å²) >= 11 is 0. The highest BCUT2D eigenvalue weighted by Crippen LogP contribution is 2.37. The SMILES string of the molecule is CC.CC(C)c1ccc2ccc3cccc4ccc1c2c34.c1ccc(Cc2cccc3ccccc23)cc1. The first kappa shape index (κ1) is 25.5. The highest BCUT2D eigenvalue weighted by Gasteiger charge is 2.11. The summed E-state index contributed by atoms with van der Waals surface area (Å²) in [6.45, 7) is 8.54. The minimum absolute atomic E-state index is 0.560. The van der Waals surface area contributed by atoms with E-state index in [2.05, 4.69) is 141 Å². The van der Waals surface area contributed by atoms with Crippen molar-refractivity contribution in [3.8, 4) is 0 Å². The molecule has 0 amide bonds. The number of hydrogen-bond donors (Lipinski definition) is 0. The van der Waals surface area contributed by atoms with Crippen molar-refractivity contribution in [1.82, 2.24) is 0 Å². The molecule has 0 aliphatic heterocycles. The van der Waals surface area contributed by atoms with Crippen LogP contribution in [-0.2, 0) is 6.42 Å². The molecule has 0 bridgehead atoms. The van der Waals surface area contributed by atoms with Gasteiger partial charge in [0.2, 0.25) is 0 Å². The third kappa shape index (κ3) is 5.00. The second-order valence-electron chi connectivity index (χ2n) is 9.97. The van der Waals surface area contributed by atoms with E-state index in [9.17, 15) is 0 Å². The lowest BCUT2D eigenvalue weighted by atomic mass is 9.89. The van der Waals surface area contributed by atoms with Crippen LogP contribution in [0.3, 0.4) is 0 Å². The van der Waals surface area contributed by atoms with Gasteiger partial charge in [-0.2, -0.15) is 0 Å². The van der Waals surface area contributed by atoms with E-state index >= 15 is 0 Å². The van der Waals surface area contributed by atoms with Crippen molar-refractivity contribution < 1.29 is 0 Å². The Labute approximate surface area is 226 Å². The molecule has 0 heterocycles. The van der Waals surface area contributed by atoms with Crippen LogP contribution in [0.4, 0.5) is 0 Å². The van der Waals surface area contributed by atoms with Gasteiger partial charge in [0.1, 0.15) is 0 Å². The summed E-state index contributed by atoms with van der Waals surface area (Å²) in [4.78, 5) is 0. The summed E-state index contributed by atoms with van der Waals surface area (Å²) < 4.78 is 0. The normalized spacial score (nSPS) is 11.0. The number of hydrogen-bond acceptors (Lipinski definition) is 0. The molecule has 0 atom stereocenters. The van der Waals surface area contributed by atoms with Crippen molar-refractivity contribution in [1.29, 1.82) is 0 Å². The van der Waals surface area contributed by atoms with E-state index in [1.807, 2.05) is 13.8 Å². The fourth-order valence-corrected chi connectivity index (χ4v) is 5.52. The lowest BCUT2D eigenvalue weighted by Crippen LogP contribution is -1.91. The molecule has 0 fully saturated rings. The van der Waals surface area contributed by atoms with Crippen LogP contribution in [0.25, 0.3) is 43.1 Å². The quantitative estimate of drug-likeness (QED) is 0.215. The molecule has 38 heavy (non-hydrogen) atoms. The Morgan fingerprint density at radius 3 is 1.74 bits per heavy atom. The molecule has 0 heteroatoms. The molecule has 0 aliphatic carbocycles. The Morgan fingerprint density at radius 2 is 1.00 bits per heavy atom. The van der Waals surface area contributed by atoms with Gasteiger partial charge in [0.05, 0.1) is 0 Å². The Morgan fingerprint density at radius 1 is 0.447 bits per heavy atom. The molecule has 0 aliphatic rings. The predicted octanol–water partition coefficient (Wildman–Crippen LogP) is 11.2.